The highest BCUT2D eigenvalue weighted by Crippen LogP contribution is 2.35. The van der Waals surface area contributed by atoms with E-state index in [1.807, 2.05) is 0 Å². The lowest BCUT2D eigenvalue weighted by Crippen LogP contribution is -2.13. The zero-order valence-electron chi connectivity index (χ0n) is 15.1. The van der Waals surface area contributed by atoms with Crippen LogP contribution in [0.2, 0.25) is 15.1 Å². The van der Waals surface area contributed by atoms with Crippen LogP contribution in [0.15, 0.2) is 36.4 Å². The molecule has 0 radical (unpaired) electrons. The van der Waals surface area contributed by atoms with Crippen LogP contribution in [0.25, 0.3) is 0 Å². The molecule has 29 heavy (non-hydrogen) atoms. The number of amides is 1. The van der Waals surface area contributed by atoms with E-state index in [4.69, 9.17) is 39.5 Å². The van der Waals surface area contributed by atoms with Gasteiger partial charge in [-0.1, -0.05) is 34.8 Å². The summed E-state index contributed by atoms with van der Waals surface area (Å²) >= 11 is 18.1. The van der Waals surface area contributed by atoms with Crippen molar-refractivity contribution in [2.24, 2.45) is 7.05 Å². The van der Waals surface area contributed by atoms with Crippen molar-refractivity contribution in [3.05, 3.63) is 73.0 Å². The van der Waals surface area contributed by atoms with Gasteiger partial charge in [0.25, 0.3) is 11.6 Å². The van der Waals surface area contributed by atoms with Crippen LogP contribution < -0.4 is 10.1 Å². The molecule has 0 aliphatic rings. The highest BCUT2D eigenvalue weighted by atomic mass is 35.5. The molecule has 1 aromatic heterocycles. The van der Waals surface area contributed by atoms with Gasteiger partial charge < -0.3 is 10.1 Å². The summed E-state index contributed by atoms with van der Waals surface area (Å²) in [5, 5.41) is 18.7. The maximum absolute atomic E-state index is 12.5. The van der Waals surface area contributed by atoms with Gasteiger partial charge in [-0.05, 0) is 25.1 Å². The van der Waals surface area contributed by atoms with Gasteiger partial charge in [0.1, 0.15) is 11.5 Å². The summed E-state index contributed by atoms with van der Waals surface area (Å²) in [4.78, 5) is 23.2. The fraction of sp³-hybridized carbons (Fsp3) is 0.111. The SMILES string of the molecule is Cc1c(Cl)c(C(=O)Nc2cc(Oc3ccc(Cl)cc3Cl)cc([N+](=O)[O-])c2)nn1C. The number of nitro groups is 1. The maximum Gasteiger partial charge on any atom is 0.277 e. The summed E-state index contributed by atoms with van der Waals surface area (Å²) in [6, 6.07) is 8.38. The van der Waals surface area contributed by atoms with Gasteiger partial charge in [-0.15, -0.1) is 0 Å². The number of hydrogen-bond donors (Lipinski definition) is 1. The first-order valence-electron chi connectivity index (χ1n) is 8.08. The largest absolute Gasteiger partial charge is 0.455 e. The molecular weight excluding hydrogens is 443 g/mol. The van der Waals surface area contributed by atoms with Crippen LogP contribution in [-0.4, -0.2) is 20.6 Å². The molecule has 1 heterocycles. The molecule has 150 valence electrons. The minimum Gasteiger partial charge on any atom is -0.455 e. The number of halogens is 3. The Hall–Kier alpha value is -2.81. The third kappa shape index (κ3) is 4.61. The summed E-state index contributed by atoms with van der Waals surface area (Å²) < 4.78 is 7.10. The van der Waals surface area contributed by atoms with Gasteiger partial charge in [0.2, 0.25) is 0 Å². The first kappa shape index (κ1) is 20.9. The number of ether oxygens (including phenoxy) is 1. The second-order valence-corrected chi connectivity index (χ2v) is 7.20. The van der Waals surface area contributed by atoms with Crippen molar-refractivity contribution >= 4 is 52.1 Å². The van der Waals surface area contributed by atoms with Gasteiger partial charge in [0.05, 0.1) is 32.4 Å². The van der Waals surface area contributed by atoms with Crippen LogP contribution >= 0.6 is 34.8 Å². The van der Waals surface area contributed by atoms with Crippen LogP contribution in [0.3, 0.4) is 0 Å². The van der Waals surface area contributed by atoms with Crippen LogP contribution in [0.5, 0.6) is 11.5 Å². The van der Waals surface area contributed by atoms with Gasteiger partial charge in [0.15, 0.2) is 5.69 Å². The van der Waals surface area contributed by atoms with Crippen molar-refractivity contribution in [1.82, 2.24) is 9.78 Å². The fourth-order valence-electron chi connectivity index (χ4n) is 2.42. The number of aromatic nitrogens is 2. The summed E-state index contributed by atoms with van der Waals surface area (Å²) in [5.41, 5.74) is 0.452. The molecule has 11 heteroatoms. The van der Waals surface area contributed by atoms with E-state index in [-0.39, 0.29) is 38.6 Å². The minimum atomic E-state index is -0.616. The molecule has 8 nitrogen and oxygen atoms in total. The van der Waals surface area contributed by atoms with E-state index in [1.165, 1.54) is 35.0 Å². The smallest absolute Gasteiger partial charge is 0.277 e. The quantitative estimate of drug-likeness (QED) is 0.396. The molecule has 2 aromatic carbocycles. The van der Waals surface area contributed by atoms with Gasteiger partial charge in [-0.3, -0.25) is 19.6 Å². The molecule has 0 saturated carbocycles. The molecule has 3 rings (SSSR count). The van der Waals surface area contributed by atoms with Gasteiger partial charge in [0, 0.05) is 24.2 Å². The van der Waals surface area contributed by atoms with E-state index in [1.54, 1.807) is 20.0 Å². The number of anilines is 1. The molecule has 0 fully saturated rings. The van der Waals surface area contributed by atoms with E-state index in [2.05, 4.69) is 10.4 Å². The normalized spacial score (nSPS) is 10.7. The number of carbonyl (C=O) groups excluding carboxylic acids is 1. The second-order valence-electron chi connectivity index (χ2n) is 5.98. The van der Waals surface area contributed by atoms with Crippen LogP contribution in [-0.2, 0) is 7.05 Å². The number of benzene rings is 2. The van der Waals surface area contributed by atoms with Gasteiger partial charge in [-0.25, -0.2) is 0 Å². The second kappa shape index (κ2) is 8.28. The van der Waals surface area contributed by atoms with Crippen molar-refractivity contribution in [2.75, 3.05) is 5.32 Å². The Balaban J connectivity index is 1.93. The number of nitrogens with zero attached hydrogens (tertiary/aromatic N) is 3. The Labute approximate surface area is 180 Å². The van der Waals surface area contributed by atoms with Crippen LogP contribution in [0, 0.1) is 17.0 Å². The number of non-ortho nitro benzene ring substituents is 1. The molecule has 0 aliphatic heterocycles. The number of rotatable bonds is 5. The molecule has 0 atom stereocenters. The lowest BCUT2D eigenvalue weighted by molar-refractivity contribution is -0.384. The average molecular weight is 456 g/mol. The Morgan fingerprint density at radius 2 is 1.93 bits per heavy atom. The lowest BCUT2D eigenvalue weighted by atomic mass is 10.2. The zero-order valence-corrected chi connectivity index (χ0v) is 17.3. The van der Waals surface area contributed by atoms with E-state index >= 15 is 0 Å². The van der Waals surface area contributed by atoms with Crippen LogP contribution in [0.1, 0.15) is 16.2 Å². The number of nitrogens with one attached hydrogen (secondary N) is 1. The first-order valence-corrected chi connectivity index (χ1v) is 9.22. The summed E-state index contributed by atoms with van der Waals surface area (Å²) in [7, 11) is 1.65. The Bertz CT molecular complexity index is 1130. The Morgan fingerprint density at radius 1 is 1.21 bits per heavy atom. The van der Waals surface area contributed by atoms with Gasteiger partial charge >= 0.3 is 0 Å². The summed E-state index contributed by atoms with van der Waals surface area (Å²) in [6.07, 6.45) is 0. The third-order valence-corrected chi connectivity index (χ3v) is 4.94. The molecular formula is C18H13Cl3N4O4. The zero-order chi connectivity index (χ0) is 21.3. The highest BCUT2D eigenvalue weighted by Gasteiger charge is 2.20. The predicted octanol–water partition coefficient (Wildman–Crippen LogP) is 5.64. The average Bonchev–Trinajstić information content (AvgIpc) is 2.91. The van der Waals surface area contributed by atoms with E-state index < -0.39 is 10.8 Å². The first-order chi connectivity index (χ1) is 13.7. The third-order valence-electron chi connectivity index (χ3n) is 3.96. The van der Waals surface area contributed by atoms with Crippen LogP contribution in [0.4, 0.5) is 11.4 Å². The van der Waals surface area contributed by atoms with E-state index in [0.29, 0.717) is 10.7 Å². The molecule has 0 saturated heterocycles. The van der Waals surface area contributed by atoms with Crippen molar-refractivity contribution in [2.45, 2.75) is 6.92 Å². The van der Waals surface area contributed by atoms with Gasteiger partial charge in [-0.2, -0.15) is 5.10 Å². The topological polar surface area (TPSA) is 99.3 Å². The lowest BCUT2D eigenvalue weighted by Gasteiger charge is -2.10. The molecule has 0 unspecified atom stereocenters. The summed E-state index contributed by atoms with van der Waals surface area (Å²) in [6.45, 7) is 1.71. The molecule has 0 aliphatic carbocycles. The van der Waals surface area contributed by atoms with E-state index in [0.717, 1.165) is 0 Å². The van der Waals surface area contributed by atoms with Crippen molar-refractivity contribution < 1.29 is 14.5 Å². The van der Waals surface area contributed by atoms with E-state index in [9.17, 15) is 14.9 Å². The molecule has 3 aromatic rings. The standard InChI is InChI=1S/C18H13Cl3N4O4/c1-9-16(21)17(23-24(9)2)18(26)22-11-6-12(25(27)28)8-13(7-11)29-15-4-3-10(19)5-14(15)20/h3-8H,1-2H3,(H,22,26). The number of nitro benzene ring substituents is 1. The highest BCUT2D eigenvalue weighted by molar-refractivity contribution is 6.35. The minimum absolute atomic E-state index is 0.00128. The summed E-state index contributed by atoms with van der Waals surface area (Å²) in [5.74, 6) is -0.270. The molecule has 1 amide bonds. The van der Waals surface area contributed by atoms with Crippen molar-refractivity contribution in [3.63, 3.8) is 0 Å². The number of hydrogen-bond acceptors (Lipinski definition) is 5. The number of carbonyl (C=O) groups is 1. The number of aryl methyl sites for hydroxylation is 1. The Kier molecular flexibility index (Phi) is 5.97. The fourth-order valence-corrected chi connectivity index (χ4v) is 3.12. The molecule has 0 bridgehead atoms. The maximum atomic E-state index is 12.5. The van der Waals surface area contributed by atoms with Crippen molar-refractivity contribution in [1.29, 1.82) is 0 Å². The van der Waals surface area contributed by atoms with Crippen molar-refractivity contribution in [3.8, 4) is 11.5 Å². The molecule has 0 spiro atoms. The predicted molar refractivity (Wildman–Crippen MR) is 111 cm³/mol. The molecule has 1 N–H and O–H groups in total. The monoisotopic (exact) mass is 454 g/mol. The Morgan fingerprint density at radius 3 is 2.52 bits per heavy atom.